The zero-order valence-corrected chi connectivity index (χ0v) is 33.3. The van der Waals surface area contributed by atoms with Crippen LogP contribution in [0.3, 0.4) is 0 Å². The zero-order valence-electron chi connectivity index (χ0n) is 38.3. The van der Waals surface area contributed by atoms with Gasteiger partial charge >= 0.3 is 0 Å². The summed E-state index contributed by atoms with van der Waals surface area (Å²) >= 11 is 0. The van der Waals surface area contributed by atoms with Gasteiger partial charge in [-0.3, -0.25) is 0 Å². The summed E-state index contributed by atoms with van der Waals surface area (Å²) in [6, 6.07) is 65.0. The minimum atomic E-state index is -0.677. The maximum Gasteiger partial charge on any atom is 0.0726 e. The Morgan fingerprint density at radius 1 is 0.317 bits per heavy atom. The van der Waals surface area contributed by atoms with Crippen molar-refractivity contribution in [3.63, 3.8) is 0 Å². The summed E-state index contributed by atoms with van der Waals surface area (Å²) in [7, 11) is 0. The zero-order chi connectivity index (χ0) is 44.4. The molecule has 0 radical (unpaired) electrons. The van der Waals surface area contributed by atoms with E-state index in [0.717, 1.165) is 33.8 Å². The third kappa shape index (κ3) is 4.82. The molecule has 9 aromatic carbocycles. The first-order valence-corrected chi connectivity index (χ1v) is 20.6. The Balaban J connectivity index is 1.09. The number of anilines is 6. The number of fused-ring (bicyclic) bond motifs is 13. The molecule has 0 bridgehead atoms. The van der Waals surface area contributed by atoms with E-state index >= 15 is 0 Å². The van der Waals surface area contributed by atoms with E-state index < -0.39 is 11.5 Å². The van der Waals surface area contributed by atoms with Crippen LogP contribution in [-0.4, -0.2) is 0 Å². The minimum absolute atomic E-state index is 0.101. The van der Waals surface area contributed by atoms with Gasteiger partial charge in [0.2, 0.25) is 0 Å². The van der Waals surface area contributed by atoms with Crippen molar-refractivity contribution in [1.82, 2.24) is 0 Å². The molecule has 2 nitrogen and oxygen atoms in total. The van der Waals surface area contributed by atoms with Crippen molar-refractivity contribution in [2.24, 2.45) is 0 Å². The van der Waals surface area contributed by atoms with E-state index in [4.69, 9.17) is 6.85 Å². The summed E-state index contributed by atoms with van der Waals surface area (Å²) in [5.74, 6) is 0. The molecule has 1 unspecified atom stereocenters. The van der Waals surface area contributed by atoms with Gasteiger partial charge in [0.15, 0.2) is 0 Å². The monoisotopic (exact) mass is 771 g/mol. The van der Waals surface area contributed by atoms with Crippen molar-refractivity contribution >= 4 is 34.1 Å². The molecule has 3 aliphatic carbocycles. The molecule has 1 atom stereocenters. The quantitative estimate of drug-likeness (QED) is 0.166. The van der Waals surface area contributed by atoms with E-state index in [2.05, 4.69) is 170 Å². The van der Waals surface area contributed by atoms with Gasteiger partial charge in [-0.1, -0.05) is 159 Å². The summed E-state index contributed by atoms with van der Waals surface area (Å²) in [4.78, 5) is 4.19. The first kappa shape index (κ1) is 29.7. The van der Waals surface area contributed by atoms with Gasteiger partial charge in [-0.2, -0.15) is 0 Å². The number of hydrogen-bond acceptors (Lipinski definition) is 2. The van der Waals surface area contributed by atoms with E-state index in [0.29, 0.717) is 11.4 Å². The Hall–Kier alpha value is -7.42. The maximum absolute atomic E-state index is 9.07. The molecule has 0 N–H and O–H groups in total. The predicted octanol–water partition coefficient (Wildman–Crippen LogP) is 15.3. The lowest BCUT2D eigenvalue weighted by Crippen LogP contribution is -2.26. The molecule has 284 valence electrons. The Morgan fingerprint density at radius 2 is 0.717 bits per heavy atom. The molecular weight excluding hydrogens is 725 g/mol. The normalized spacial score (nSPS) is 16.9. The van der Waals surface area contributed by atoms with Crippen molar-refractivity contribution < 1.29 is 6.85 Å². The van der Waals surface area contributed by atoms with Crippen molar-refractivity contribution in [2.45, 2.75) is 24.7 Å². The molecule has 0 aromatic heterocycles. The van der Waals surface area contributed by atoms with E-state index in [9.17, 15) is 0 Å². The Labute approximate surface area is 359 Å². The molecule has 0 aliphatic heterocycles. The van der Waals surface area contributed by atoms with Crippen LogP contribution in [0.2, 0.25) is 0 Å². The average molecular weight is 772 g/mol. The first-order chi connectivity index (χ1) is 31.6. The smallest absolute Gasteiger partial charge is 0.0726 e. The van der Waals surface area contributed by atoms with Crippen molar-refractivity contribution in [3.8, 4) is 33.4 Å². The van der Waals surface area contributed by atoms with Gasteiger partial charge < -0.3 is 9.80 Å². The lowest BCUT2D eigenvalue weighted by molar-refractivity contribution is 0.660. The molecule has 0 amide bonds. The van der Waals surface area contributed by atoms with Crippen LogP contribution in [0.25, 0.3) is 33.4 Å². The number of rotatable bonds is 6. The molecule has 9 aromatic rings. The lowest BCUT2D eigenvalue weighted by atomic mass is 9.70. The SMILES string of the molecule is [2H]c1c([2H])c([2H])c(N(c2ccccc2)c2ccc3c(c2)-c2ccccc2C32c3ccccc3-c3ccc(N(c4ccccc4)c4ccc5c(c4)-c4ccccc4C5(C)C)cc32)c([2H])c1[2H]. The fourth-order valence-electron chi connectivity index (χ4n) is 10.6. The summed E-state index contributed by atoms with van der Waals surface area (Å²) in [5, 5.41) is 0. The minimum Gasteiger partial charge on any atom is -0.310 e. The van der Waals surface area contributed by atoms with Crippen LogP contribution in [-0.2, 0) is 10.8 Å². The molecule has 0 saturated heterocycles. The standard InChI is InChI=1S/C58H42N2/c1-57(2)51-27-15-12-25-46(51)49-36-43(31-34-52(49)57)60(41-22-10-5-11-23-41)44-30-33-48-45-24-13-16-28-53(45)58(56(48)38-44)54-29-17-14-26-47(54)50-37-42(32-35-55(50)58)59(39-18-6-3-7-19-39)40-20-8-4-9-21-40/h3-38H,1-2H3/i3D,6D,7D,18D,19D. The highest BCUT2D eigenvalue weighted by molar-refractivity contribution is 5.98. The lowest BCUT2D eigenvalue weighted by Gasteiger charge is -2.33. The third-order valence-electron chi connectivity index (χ3n) is 13.1. The molecule has 0 heterocycles. The van der Waals surface area contributed by atoms with Crippen LogP contribution in [0.1, 0.15) is 54.1 Å². The summed E-state index contributed by atoms with van der Waals surface area (Å²) in [6.07, 6.45) is 0. The maximum atomic E-state index is 9.07. The number of hydrogen-bond donors (Lipinski definition) is 0. The van der Waals surface area contributed by atoms with E-state index in [1.165, 1.54) is 50.1 Å². The summed E-state index contributed by atoms with van der Waals surface area (Å²) in [5.41, 5.74) is 18.3. The molecule has 12 rings (SSSR count). The Morgan fingerprint density at radius 3 is 1.33 bits per heavy atom. The number of benzene rings is 9. The van der Waals surface area contributed by atoms with Gasteiger partial charge in [-0.05, 0) is 140 Å². The van der Waals surface area contributed by atoms with E-state index in [-0.39, 0.29) is 35.3 Å². The van der Waals surface area contributed by atoms with Gasteiger partial charge in [0.25, 0.3) is 0 Å². The number of nitrogens with zero attached hydrogens (tertiary/aromatic N) is 2. The van der Waals surface area contributed by atoms with Crippen LogP contribution in [0.4, 0.5) is 34.1 Å². The Bertz CT molecular complexity index is 3410. The fourth-order valence-corrected chi connectivity index (χ4v) is 10.6. The first-order valence-electron chi connectivity index (χ1n) is 23.1. The molecular formula is C58H42N2. The highest BCUT2D eigenvalue weighted by Gasteiger charge is 2.52. The van der Waals surface area contributed by atoms with E-state index in [1.807, 2.05) is 36.4 Å². The molecule has 60 heavy (non-hydrogen) atoms. The Kier molecular flexibility index (Phi) is 6.47. The highest BCUT2D eigenvalue weighted by atomic mass is 15.1. The van der Waals surface area contributed by atoms with Gasteiger partial charge in [-0.25, -0.2) is 0 Å². The molecule has 1 spiro atoms. The van der Waals surface area contributed by atoms with Crippen LogP contribution >= 0.6 is 0 Å². The van der Waals surface area contributed by atoms with Gasteiger partial charge in [0, 0.05) is 39.5 Å². The highest BCUT2D eigenvalue weighted by Crippen LogP contribution is 2.64. The van der Waals surface area contributed by atoms with Crippen LogP contribution in [0, 0.1) is 0 Å². The second-order valence-corrected chi connectivity index (χ2v) is 16.5. The van der Waals surface area contributed by atoms with Crippen molar-refractivity contribution in [1.29, 1.82) is 0 Å². The van der Waals surface area contributed by atoms with Crippen molar-refractivity contribution in [3.05, 3.63) is 252 Å². The van der Waals surface area contributed by atoms with Crippen LogP contribution < -0.4 is 9.80 Å². The molecule has 0 saturated carbocycles. The average Bonchev–Trinajstić information content (AvgIpc) is 3.90. The molecule has 2 heteroatoms. The van der Waals surface area contributed by atoms with Crippen LogP contribution in [0.5, 0.6) is 0 Å². The fraction of sp³-hybridized carbons (Fsp3) is 0.0690. The third-order valence-corrected chi connectivity index (χ3v) is 13.1. The second-order valence-electron chi connectivity index (χ2n) is 16.5. The van der Waals surface area contributed by atoms with Gasteiger partial charge in [0.1, 0.15) is 0 Å². The number of para-hydroxylation sites is 3. The van der Waals surface area contributed by atoms with Gasteiger partial charge in [0.05, 0.1) is 12.3 Å². The predicted molar refractivity (Wildman–Crippen MR) is 250 cm³/mol. The van der Waals surface area contributed by atoms with Gasteiger partial charge in [-0.15, -0.1) is 0 Å². The second kappa shape index (κ2) is 13.0. The van der Waals surface area contributed by atoms with Crippen LogP contribution in [0.15, 0.2) is 218 Å². The largest absolute Gasteiger partial charge is 0.310 e. The topological polar surface area (TPSA) is 6.48 Å². The van der Waals surface area contributed by atoms with Crippen molar-refractivity contribution in [2.75, 3.05) is 9.80 Å². The van der Waals surface area contributed by atoms with E-state index in [1.54, 1.807) is 4.90 Å². The molecule has 3 aliphatic rings. The summed E-state index contributed by atoms with van der Waals surface area (Å²) in [6.45, 7) is 4.64. The summed E-state index contributed by atoms with van der Waals surface area (Å²) < 4.78 is 43.8. The molecule has 0 fully saturated rings.